The number of phenolic OH excluding ortho intramolecular Hbond substituents is 1. The Kier molecular flexibility index (Phi) is 4.98. The zero-order chi connectivity index (χ0) is 14.7. The minimum Gasteiger partial charge on any atom is -0.508 e. The van der Waals surface area contributed by atoms with Crippen LogP contribution in [0.1, 0.15) is 38.8 Å². The largest absolute Gasteiger partial charge is 0.508 e. The van der Waals surface area contributed by atoms with Crippen molar-refractivity contribution in [1.29, 1.82) is 0 Å². The Labute approximate surface area is 115 Å². The third-order valence-electron chi connectivity index (χ3n) is 3.50. The Hall–Kier alpha value is -1.07. The average Bonchev–Trinajstić information content (AvgIpc) is 2.30. The summed E-state index contributed by atoms with van der Waals surface area (Å²) in [5, 5.41) is 13.1. The van der Waals surface area contributed by atoms with E-state index < -0.39 is 14.6 Å². The monoisotopic (exact) mass is 285 g/mol. The van der Waals surface area contributed by atoms with Crippen molar-refractivity contribution in [3.8, 4) is 5.75 Å². The number of sulfone groups is 1. The number of hydrogen-bond acceptors (Lipinski definition) is 4. The molecule has 0 aliphatic carbocycles. The van der Waals surface area contributed by atoms with Crippen molar-refractivity contribution in [1.82, 2.24) is 5.32 Å². The maximum Gasteiger partial charge on any atom is 0.153 e. The number of nitrogens with one attached hydrogen (secondary N) is 1. The summed E-state index contributed by atoms with van der Waals surface area (Å²) in [6.45, 7) is 5.75. The highest BCUT2D eigenvalue weighted by Crippen LogP contribution is 2.26. The zero-order valence-electron chi connectivity index (χ0n) is 12.0. The Bertz CT molecular complexity index is 523. The molecule has 1 atom stereocenters. The number of phenols is 1. The minimum absolute atomic E-state index is 0.0535. The predicted octanol–water partition coefficient (Wildman–Crippen LogP) is 2.26. The van der Waals surface area contributed by atoms with E-state index in [1.165, 1.54) is 6.26 Å². The van der Waals surface area contributed by atoms with E-state index >= 15 is 0 Å². The topological polar surface area (TPSA) is 66.4 Å². The van der Waals surface area contributed by atoms with Crippen molar-refractivity contribution < 1.29 is 13.5 Å². The Balaban J connectivity index is 2.83. The van der Waals surface area contributed by atoms with Gasteiger partial charge < -0.3 is 10.4 Å². The van der Waals surface area contributed by atoms with Gasteiger partial charge >= 0.3 is 0 Å². The van der Waals surface area contributed by atoms with E-state index in [4.69, 9.17) is 0 Å². The van der Waals surface area contributed by atoms with Crippen molar-refractivity contribution >= 4 is 9.84 Å². The third kappa shape index (κ3) is 3.94. The quantitative estimate of drug-likeness (QED) is 0.841. The van der Waals surface area contributed by atoms with Crippen LogP contribution in [0, 0.1) is 0 Å². The first-order valence-corrected chi connectivity index (χ1v) is 8.29. The molecule has 0 saturated heterocycles. The summed E-state index contributed by atoms with van der Waals surface area (Å²) in [5.74, 6) is 0.235. The highest BCUT2D eigenvalue weighted by Gasteiger charge is 2.30. The van der Waals surface area contributed by atoms with E-state index in [1.54, 1.807) is 26.0 Å². The van der Waals surface area contributed by atoms with Crippen molar-refractivity contribution in [2.24, 2.45) is 0 Å². The van der Waals surface area contributed by atoms with Gasteiger partial charge in [0.25, 0.3) is 0 Å². The Morgan fingerprint density at radius 1 is 1.32 bits per heavy atom. The summed E-state index contributed by atoms with van der Waals surface area (Å²) in [4.78, 5) is 0. The number of benzene rings is 1. The lowest BCUT2D eigenvalue weighted by Gasteiger charge is -2.27. The number of hydrogen-bond donors (Lipinski definition) is 2. The van der Waals surface area contributed by atoms with Crippen molar-refractivity contribution in [3.05, 3.63) is 29.8 Å². The van der Waals surface area contributed by atoms with Gasteiger partial charge in [0.15, 0.2) is 9.84 Å². The fourth-order valence-electron chi connectivity index (χ4n) is 1.76. The lowest BCUT2D eigenvalue weighted by molar-refractivity contribution is 0.428. The van der Waals surface area contributed by atoms with E-state index in [-0.39, 0.29) is 11.8 Å². The molecule has 0 bridgehead atoms. The van der Waals surface area contributed by atoms with Gasteiger partial charge in [-0.2, -0.15) is 0 Å². The molecular formula is C14H23NO3S. The fourth-order valence-corrected chi connectivity index (χ4v) is 2.10. The summed E-state index contributed by atoms with van der Waals surface area (Å²) in [7, 11) is -3.12. The van der Waals surface area contributed by atoms with Gasteiger partial charge in [0.1, 0.15) is 5.75 Å². The van der Waals surface area contributed by atoms with Crippen LogP contribution in [0.4, 0.5) is 0 Å². The second-order valence-electron chi connectivity index (χ2n) is 5.43. The molecule has 1 rings (SSSR count). The van der Waals surface area contributed by atoms with Gasteiger partial charge in [0.2, 0.25) is 0 Å². The molecule has 1 aromatic carbocycles. The van der Waals surface area contributed by atoms with Crippen LogP contribution < -0.4 is 5.32 Å². The van der Waals surface area contributed by atoms with E-state index in [0.717, 1.165) is 12.0 Å². The molecule has 2 N–H and O–H groups in total. The van der Waals surface area contributed by atoms with E-state index in [1.807, 2.05) is 19.1 Å². The highest BCUT2D eigenvalue weighted by atomic mass is 32.2. The van der Waals surface area contributed by atoms with Gasteiger partial charge in [-0.25, -0.2) is 8.42 Å². The van der Waals surface area contributed by atoms with E-state index in [2.05, 4.69) is 5.32 Å². The molecular weight excluding hydrogens is 262 g/mol. The lowest BCUT2D eigenvalue weighted by Crippen LogP contribution is -2.42. The maximum atomic E-state index is 11.7. The van der Waals surface area contributed by atoms with E-state index in [0.29, 0.717) is 6.54 Å². The van der Waals surface area contributed by atoms with Crippen molar-refractivity contribution in [3.63, 3.8) is 0 Å². The van der Waals surface area contributed by atoms with Gasteiger partial charge in [0.05, 0.1) is 4.75 Å². The lowest BCUT2D eigenvalue weighted by atomic mass is 10.0. The molecule has 4 nitrogen and oxygen atoms in total. The second kappa shape index (κ2) is 5.92. The standard InChI is InChI=1S/C14H23NO3S/c1-5-12(11-8-6-7-9-13(11)16)15-10-14(2,3)19(4,17)18/h6-9,12,15-16H,5,10H2,1-4H3. The van der Waals surface area contributed by atoms with Crippen molar-refractivity contribution in [2.45, 2.75) is 38.0 Å². The molecule has 0 aliphatic heterocycles. The van der Waals surface area contributed by atoms with Crippen LogP contribution in [0.2, 0.25) is 0 Å². The zero-order valence-corrected chi connectivity index (χ0v) is 12.8. The predicted molar refractivity (Wildman–Crippen MR) is 78.1 cm³/mol. The summed E-state index contributed by atoms with van der Waals surface area (Å²) < 4.78 is 22.5. The van der Waals surface area contributed by atoms with Crippen LogP contribution in [0.3, 0.4) is 0 Å². The van der Waals surface area contributed by atoms with Crippen LogP contribution in [0.25, 0.3) is 0 Å². The summed E-state index contributed by atoms with van der Waals surface area (Å²) in [6, 6.07) is 7.07. The molecule has 0 radical (unpaired) electrons. The first-order chi connectivity index (χ1) is 8.69. The number of rotatable bonds is 6. The number of para-hydroxylation sites is 1. The van der Waals surface area contributed by atoms with Gasteiger partial charge in [-0.05, 0) is 26.3 Å². The first kappa shape index (κ1) is 16.0. The molecule has 0 amide bonds. The molecule has 5 heteroatoms. The van der Waals surface area contributed by atoms with Gasteiger partial charge in [-0.3, -0.25) is 0 Å². The van der Waals surface area contributed by atoms with E-state index in [9.17, 15) is 13.5 Å². The molecule has 0 aromatic heterocycles. The fraction of sp³-hybridized carbons (Fsp3) is 0.571. The van der Waals surface area contributed by atoms with Crippen LogP contribution in [0.15, 0.2) is 24.3 Å². The third-order valence-corrected chi connectivity index (χ3v) is 5.65. The van der Waals surface area contributed by atoms with Crippen LogP contribution in [-0.2, 0) is 9.84 Å². The Morgan fingerprint density at radius 2 is 1.89 bits per heavy atom. The average molecular weight is 285 g/mol. The minimum atomic E-state index is -3.12. The summed E-state index contributed by atoms with van der Waals surface area (Å²) >= 11 is 0. The van der Waals surface area contributed by atoms with Crippen molar-refractivity contribution in [2.75, 3.05) is 12.8 Å². The first-order valence-electron chi connectivity index (χ1n) is 6.40. The maximum absolute atomic E-state index is 11.7. The number of aromatic hydroxyl groups is 1. The Morgan fingerprint density at radius 3 is 2.37 bits per heavy atom. The molecule has 19 heavy (non-hydrogen) atoms. The van der Waals surface area contributed by atoms with Gasteiger partial charge in [0, 0.05) is 24.4 Å². The second-order valence-corrected chi connectivity index (χ2v) is 8.08. The smallest absolute Gasteiger partial charge is 0.153 e. The summed E-state index contributed by atoms with van der Waals surface area (Å²) in [5.41, 5.74) is 0.800. The molecule has 0 spiro atoms. The normalized spacial score (nSPS) is 14.3. The summed E-state index contributed by atoms with van der Waals surface area (Å²) in [6.07, 6.45) is 2.02. The highest BCUT2D eigenvalue weighted by molar-refractivity contribution is 7.92. The SMILES string of the molecule is CCC(NCC(C)(C)S(C)(=O)=O)c1ccccc1O. The van der Waals surface area contributed by atoms with Crippen LogP contribution in [0.5, 0.6) is 5.75 Å². The van der Waals surface area contributed by atoms with Gasteiger partial charge in [-0.1, -0.05) is 25.1 Å². The molecule has 1 aromatic rings. The molecule has 1 unspecified atom stereocenters. The molecule has 108 valence electrons. The molecule has 0 heterocycles. The molecule has 0 saturated carbocycles. The van der Waals surface area contributed by atoms with Crippen LogP contribution >= 0.6 is 0 Å². The molecule has 0 aliphatic rings. The molecule has 0 fully saturated rings. The van der Waals surface area contributed by atoms with Gasteiger partial charge in [-0.15, -0.1) is 0 Å². The van der Waals surface area contributed by atoms with Crippen LogP contribution in [-0.4, -0.2) is 31.1 Å².